The number of hydrogen-bond acceptors (Lipinski definition) is 3. The Labute approximate surface area is 96.5 Å². The van der Waals surface area contributed by atoms with Crippen molar-refractivity contribution < 1.29 is 9.47 Å². The summed E-state index contributed by atoms with van der Waals surface area (Å²) in [4.78, 5) is 0. The van der Waals surface area contributed by atoms with Gasteiger partial charge < -0.3 is 9.47 Å². The van der Waals surface area contributed by atoms with Crippen molar-refractivity contribution >= 4 is 0 Å². The van der Waals surface area contributed by atoms with Crippen molar-refractivity contribution in [2.24, 2.45) is 0 Å². The highest BCUT2D eigenvalue weighted by Gasteiger charge is 2.26. The molecule has 2 heterocycles. The number of aryl methyl sites for hydroxylation is 1. The van der Waals surface area contributed by atoms with E-state index in [1.54, 1.807) is 7.11 Å². The van der Waals surface area contributed by atoms with Crippen molar-refractivity contribution in [3.05, 3.63) is 11.8 Å². The Bertz CT molecular complexity index is 366. The second-order valence-corrected chi connectivity index (χ2v) is 5.29. The van der Waals surface area contributed by atoms with Gasteiger partial charge in [-0.05, 0) is 11.8 Å². The van der Waals surface area contributed by atoms with Gasteiger partial charge in [-0.3, -0.25) is 0 Å². The van der Waals surface area contributed by atoms with Gasteiger partial charge in [-0.1, -0.05) is 20.8 Å². The van der Waals surface area contributed by atoms with Crippen molar-refractivity contribution in [1.82, 2.24) is 9.78 Å². The molecule has 4 nitrogen and oxygen atoms in total. The fourth-order valence-corrected chi connectivity index (χ4v) is 1.91. The molecule has 0 bridgehead atoms. The van der Waals surface area contributed by atoms with Crippen molar-refractivity contribution in [1.29, 1.82) is 0 Å². The van der Waals surface area contributed by atoms with E-state index in [-0.39, 0.29) is 11.5 Å². The summed E-state index contributed by atoms with van der Waals surface area (Å²) >= 11 is 0. The quantitative estimate of drug-likeness (QED) is 0.732. The topological polar surface area (TPSA) is 36.3 Å². The van der Waals surface area contributed by atoms with E-state index in [0.717, 1.165) is 18.8 Å². The van der Waals surface area contributed by atoms with Gasteiger partial charge in [-0.15, -0.1) is 0 Å². The first kappa shape index (κ1) is 11.5. The standard InChI is InChI=1S/C12H20N2O2/c1-12(2,3)10-7-13-14-6-5-9(15-4)8-16-11(10)14/h7,9H,5-6,8H2,1-4H3/t9-/m0/s1. The van der Waals surface area contributed by atoms with E-state index in [0.29, 0.717) is 6.61 Å². The Balaban J connectivity index is 2.27. The first-order chi connectivity index (χ1) is 7.52. The highest BCUT2D eigenvalue weighted by atomic mass is 16.5. The Morgan fingerprint density at radius 3 is 2.88 bits per heavy atom. The molecule has 0 spiro atoms. The van der Waals surface area contributed by atoms with Crippen LogP contribution in [0.1, 0.15) is 32.8 Å². The lowest BCUT2D eigenvalue weighted by atomic mass is 9.89. The third kappa shape index (κ3) is 2.07. The maximum atomic E-state index is 5.83. The normalized spacial score (nSPS) is 21.1. The van der Waals surface area contributed by atoms with Crippen LogP contribution in [0.3, 0.4) is 0 Å². The maximum Gasteiger partial charge on any atom is 0.215 e. The minimum atomic E-state index is 0.0699. The fourth-order valence-electron chi connectivity index (χ4n) is 1.91. The predicted octanol–water partition coefficient (Wildman–Crippen LogP) is 1.98. The number of aromatic nitrogens is 2. The van der Waals surface area contributed by atoms with Crippen LogP contribution in [-0.2, 0) is 16.7 Å². The fraction of sp³-hybridized carbons (Fsp3) is 0.750. The van der Waals surface area contributed by atoms with Crippen molar-refractivity contribution in [2.75, 3.05) is 13.7 Å². The first-order valence-electron chi connectivity index (χ1n) is 5.74. The molecule has 4 heteroatoms. The number of fused-ring (bicyclic) bond motifs is 1. The molecule has 1 aromatic rings. The summed E-state index contributed by atoms with van der Waals surface area (Å²) in [5.74, 6) is 0.909. The molecule has 0 aliphatic carbocycles. The van der Waals surface area contributed by atoms with E-state index in [2.05, 4.69) is 25.9 Å². The van der Waals surface area contributed by atoms with E-state index >= 15 is 0 Å². The zero-order valence-corrected chi connectivity index (χ0v) is 10.5. The van der Waals surface area contributed by atoms with Crippen LogP contribution in [0.2, 0.25) is 0 Å². The van der Waals surface area contributed by atoms with Gasteiger partial charge in [0.2, 0.25) is 5.88 Å². The zero-order valence-electron chi connectivity index (χ0n) is 10.5. The average molecular weight is 224 g/mol. The number of nitrogens with zero attached hydrogens (tertiary/aromatic N) is 2. The van der Waals surface area contributed by atoms with Crippen LogP contribution in [0.25, 0.3) is 0 Å². The van der Waals surface area contributed by atoms with Gasteiger partial charge >= 0.3 is 0 Å². The van der Waals surface area contributed by atoms with Crippen molar-refractivity contribution in [2.45, 2.75) is 45.3 Å². The van der Waals surface area contributed by atoms with Gasteiger partial charge in [0.05, 0.1) is 12.3 Å². The summed E-state index contributed by atoms with van der Waals surface area (Å²) in [6.07, 6.45) is 3.05. The third-order valence-electron chi connectivity index (χ3n) is 3.00. The Morgan fingerprint density at radius 2 is 2.25 bits per heavy atom. The van der Waals surface area contributed by atoms with Crippen LogP contribution < -0.4 is 4.74 Å². The predicted molar refractivity (Wildman–Crippen MR) is 61.8 cm³/mol. The Hall–Kier alpha value is -1.03. The molecule has 16 heavy (non-hydrogen) atoms. The highest BCUT2D eigenvalue weighted by molar-refractivity contribution is 5.31. The van der Waals surface area contributed by atoms with Crippen LogP contribution in [0.15, 0.2) is 6.20 Å². The minimum absolute atomic E-state index is 0.0699. The first-order valence-corrected chi connectivity index (χ1v) is 5.74. The molecule has 0 radical (unpaired) electrons. The van der Waals surface area contributed by atoms with E-state index in [4.69, 9.17) is 9.47 Å². The zero-order chi connectivity index (χ0) is 11.8. The summed E-state index contributed by atoms with van der Waals surface area (Å²) in [5.41, 5.74) is 1.24. The molecule has 0 N–H and O–H groups in total. The van der Waals surface area contributed by atoms with Crippen LogP contribution in [0.4, 0.5) is 0 Å². The molecule has 0 unspecified atom stereocenters. The van der Waals surface area contributed by atoms with Crippen molar-refractivity contribution in [3.63, 3.8) is 0 Å². The van der Waals surface area contributed by atoms with Gasteiger partial charge in [0.1, 0.15) is 6.61 Å². The summed E-state index contributed by atoms with van der Waals surface area (Å²) in [5, 5.41) is 4.39. The summed E-state index contributed by atoms with van der Waals surface area (Å²) in [7, 11) is 1.73. The molecule has 1 aromatic heterocycles. The molecular formula is C12H20N2O2. The Morgan fingerprint density at radius 1 is 1.50 bits per heavy atom. The smallest absolute Gasteiger partial charge is 0.215 e. The Kier molecular flexibility index (Phi) is 2.93. The molecule has 2 rings (SSSR count). The van der Waals surface area contributed by atoms with Crippen LogP contribution in [-0.4, -0.2) is 29.6 Å². The minimum Gasteiger partial charge on any atom is -0.475 e. The molecule has 1 atom stereocenters. The van der Waals surface area contributed by atoms with E-state index in [1.165, 1.54) is 5.56 Å². The van der Waals surface area contributed by atoms with Gasteiger partial charge in [-0.2, -0.15) is 5.10 Å². The second-order valence-electron chi connectivity index (χ2n) is 5.29. The van der Waals surface area contributed by atoms with E-state index in [9.17, 15) is 0 Å². The van der Waals surface area contributed by atoms with Crippen LogP contribution in [0, 0.1) is 0 Å². The maximum absolute atomic E-state index is 5.83. The molecule has 0 fully saturated rings. The average Bonchev–Trinajstić information content (AvgIpc) is 2.52. The summed E-state index contributed by atoms with van der Waals surface area (Å²) in [6, 6.07) is 0. The summed E-state index contributed by atoms with van der Waals surface area (Å²) < 4.78 is 13.1. The van der Waals surface area contributed by atoms with E-state index in [1.807, 2.05) is 10.9 Å². The second kappa shape index (κ2) is 4.09. The lowest BCUT2D eigenvalue weighted by molar-refractivity contribution is 0.0571. The molecule has 1 aliphatic heterocycles. The molecule has 0 saturated heterocycles. The number of ether oxygens (including phenoxy) is 2. The molecule has 0 amide bonds. The third-order valence-corrected chi connectivity index (χ3v) is 3.00. The van der Waals surface area contributed by atoms with Crippen LogP contribution >= 0.6 is 0 Å². The molecule has 0 aromatic carbocycles. The number of hydrogen-bond donors (Lipinski definition) is 0. The van der Waals surface area contributed by atoms with Gasteiger partial charge in [0, 0.05) is 19.2 Å². The lowest BCUT2D eigenvalue weighted by Crippen LogP contribution is -2.19. The monoisotopic (exact) mass is 224 g/mol. The molecule has 90 valence electrons. The largest absolute Gasteiger partial charge is 0.475 e. The lowest BCUT2D eigenvalue weighted by Gasteiger charge is -2.19. The van der Waals surface area contributed by atoms with Gasteiger partial charge in [-0.25, -0.2) is 4.68 Å². The molecule has 1 aliphatic rings. The molecule has 0 saturated carbocycles. The van der Waals surface area contributed by atoms with E-state index < -0.39 is 0 Å². The molecular weight excluding hydrogens is 204 g/mol. The number of methoxy groups -OCH3 is 1. The number of rotatable bonds is 1. The van der Waals surface area contributed by atoms with Gasteiger partial charge in [0.25, 0.3) is 0 Å². The summed E-state index contributed by atoms with van der Waals surface area (Å²) in [6.45, 7) is 8.00. The van der Waals surface area contributed by atoms with Crippen LogP contribution in [0.5, 0.6) is 5.88 Å². The van der Waals surface area contributed by atoms with Crippen molar-refractivity contribution in [3.8, 4) is 5.88 Å². The SMILES string of the molecule is CO[C@H]1CCn2ncc(C(C)(C)C)c2OC1. The highest BCUT2D eigenvalue weighted by Crippen LogP contribution is 2.32. The van der Waals surface area contributed by atoms with Gasteiger partial charge in [0.15, 0.2) is 0 Å².